The topological polar surface area (TPSA) is 55.1 Å². The first-order valence-electron chi connectivity index (χ1n) is 8.15. The predicted molar refractivity (Wildman–Crippen MR) is 96.7 cm³/mol. The first-order valence-corrected chi connectivity index (χ1v) is 9.85. The average molecular weight is 331 g/mol. The first-order chi connectivity index (χ1) is 10.0. The minimum absolute atomic E-state index is 0.0599. The van der Waals surface area contributed by atoms with Crippen LogP contribution in [0.2, 0.25) is 0 Å². The van der Waals surface area contributed by atoms with Crippen LogP contribution in [0.1, 0.15) is 65.2 Å². The first kappa shape index (κ1) is 18.8. The molecule has 0 heterocycles. The van der Waals surface area contributed by atoms with Crippen molar-refractivity contribution < 1.29 is 4.79 Å². The molecule has 0 saturated heterocycles. The molecule has 1 aliphatic carbocycles. The van der Waals surface area contributed by atoms with E-state index in [9.17, 15) is 4.79 Å². The predicted octanol–water partition coefficient (Wildman–Crippen LogP) is 3.65. The fraction of sp³-hybridized carbons (Fsp3) is 0.875. The van der Waals surface area contributed by atoms with E-state index in [1.54, 1.807) is 0 Å². The molecule has 1 fully saturated rings. The van der Waals surface area contributed by atoms with Gasteiger partial charge in [-0.15, -0.1) is 0 Å². The molecule has 1 rings (SSSR count). The number of nitrogens with one attached hydrogen (secondary N) is 1. The van der Waals surface area contributed by atoms with Crippen LogP contribution in [0.25, 0.3) is 0 Å². The van der Waals surface area contributed by atoms with Gasteiger partial charge in [-0.1, -0.05) is 51.7 Å². The van der Waals surface area contributed by atoms with Crippen LogP contribution in [0, 0.1) is 5.41 Å². The Balaban J connectivity index is 2.86. The summed E-state index contributed by atoms with van der Waals surface area (Å²) in [5.41, 5.74) is 5.33. The lowest BCUT2D eigenvalue weighted by Gasteiger charge is -2.36. The quantitative estimate of drug-likeness (QED) is 0.667. The van der Waals surface area contributed by atoms with Gasteiger partial charge in [0.2, 0.25) is 5.91 Å². The highest BCUT2D eigenvalue weighted by Gasteiger charge is 2.41. The van der Waals surface area contributed by atoms with E-state index in [4.69, 9.17) is 18.0 Å². The van der Waals surface area contributed by atoms with Gasteiger partial charge in [-0.3, -0.25) is 4.79 Å². The standard InChI is InChI=1S/C16H30N2OS2/c1-4-10-16(11-5-2,14(17)20)15(19)18-12-8-6-7-9-13(12)21-3/h12-13H,4-11H2,1-3H3,(H2,17,20)(H,18,19). The van der Waals surface area contributed by atoms with Gasteiger partial charge >= 0.3 is 0 Å². The summed E-state index contributed by atoms with van der Waals surface area (Å²) in [4.78, 5) is 13.3. The second kappa shape index (κ2) is 8.99. The monoisotopic (exact) mass is 330 g/mol. The van der Waals surface area contributed by atoms with Crippen LogP contribution in [0.15, 0.2) is 0 Å². The molecule has 2 atom stereocenters. The van der Waals surface area contributed by atoms with Crippen molar-refractivity contribution in [1.82, 2.24) is 5.32 Å². The molecule has 122 valence electrons. The van der Waals surface area contributed by atoms with Gasteiger partial charge in [-0.05, 0) is 31.9 Å². The summed E-state index contributed by atoms with van der Waals surface area (Å²) in [6, 6.07) is 0.267. The summed E-state index contributed by atoms with van der Waals surface area (Å²) in [5, 5.41) is 3.81. The van der Waals surface area contributed by atoms with Crippen molar-refractivity contribution in [3.05, 3.63) is 0 Å². The van der Waals surface area contributed by atoms with Crippen molar-refractivity contribution >= 4 is 34.9 Å². The maximum atomic E-state index is 12.9. The molecule has 0 aromatic heterocycles. The number of thioether (sulfide) groups is 1. The van der Waals surface area contributed by atoms with Crippen LogP contribution in [0.3, 0.4) is 0 Å². The molecule has 5 heteroatoms. The van der Waals surface area contributed by atoms with Crippen LogP contribution in [0.4, 0.5) is 0 Å². The Morgan fingerprint density at radius 1 is 1.29 bits per heavy atom. The zero-order valence-electron chi connectivity index (χ0n) is 13.6. The molecule has 1 saturated carbocycles. The molecule has 0 radical (unpaired) electrons. The van der Waals surface area contributed by atoms with Crippen LogP contribution in [-0.4, -0.2) is 28.4 Å². The third kappa shape index (κ3) is 4.59. The Morgan fingerprint density at radius 3 is 2.33 bits per heavy atom. The minimum atomic E-state index is -0.654. The van der Waals surface area contributed by atoms with E-state index in [1.165, 1.54) is 19.3 Å². The molecular weight excluding hydrogens is 300 g/mol. The van der Waals surface area contributed by atoms with Crippen LogP contribution in [-0.2, 0) is 4.79 Å². The third-order valence-electron chi connectivity index (χ3n) is 4.58. The summed E-state index contributed by atoms with van der Waals surface area (Å²) in [7, 11) is 0. The maximum absolute atomic E-state index is 12.9. The summed E-state index contributed by atoms with van der Waals surface area (Å²) < 4.78 is 0. The van der Waals surface area contributed by atoms with E-state index in [2.05, 4.69) is 25.4 Å². The minimum Gasteiger partial charge on any atom is -0.392 e. The fourth-order valence-corrected chi connectivity index (χ4v) is 4.65. The Morgan fingerprint density at radius 2 is 1.86 bits per heavy atom. The van der Waals surface area contributed by atoms with Crippen molar-refractivity contribution in [1.29, 1.82) is 0 Å². The van der Waals surface area contributed by atoms with E-state index >= 15 is 0 Å². The molecule has 0 aromatic rings. The number of hydrogen-bond acceptors (Lipinski definition) is 3. The number of nitrogens with two attached hydrogens (primary N) is 1. The van der Waals surface area contributed by atoms with Gasteiger partial charge in [0.05, 0.1) is 10.4 Å². The van der Waals surface area contributed by atoms with Gasteiger partial charge in [-0.25, -0.2) is 0 Å². The molecule has 0 aromatic carbocycles. The van der Waals surface area contributed by atoms with Gasteiger partial charge in [0.25, 0.3) is 0 Å². The van der Waals surface area contributed by atoms with Crippen molar-refractivity contribution in [2.75, 3.05) is 6.26 Å². The molecule has 0 bridgehead atoms. The van der Waals surface area contributed by atoms with E-state index in [1.807, 2.05) is 11.8 Å². The zero-order chi connectivity index (χ0) is 15.9. The number of carbonyl (C=O) groups excluding carboxylic acids is 1. The Kier molecular flexibility index (Phi) is 8.03. The van der Waals surface area contributed by atoms with Gasteiger partial charge in [0, 0.05) is 11.3 Å². The molecule has 0 aliphatic heterocycles. The van der Waals surface area contributed by atoms with Crippen molar-refractivity contribution in [2.45, 2.75) is 76.5 Å². The lowest BCUT2D eigenvalue weighted by Crippen LogP contribution is -2.54. The molecule has 3 N–H and O–H groups in total. The molecule has 2 unspecified atom stereocenters. The van der Waals surface area contributed by atoms with Crippen molar-refractivity contribution in [2.24, 2.45) is 11.1 Å². The second-order valence-corrected chi connectivity index (χ2v) is 7.60. The highest BCUT2D eigenvalue weighted by Crippen LogP contribution is 2.33. The van der Waals surface area contributed by atoms with E-state index in [0.29, 0.717) is 10.2 Å². The molecule has 0 spiro atoms. The number of hydrogen-bond donors (Lipinski definition) is 2. The molecular formula is C16H30N2OS2. The van der Waals surface area contributed by atoms with E-state index in [0.717, 1.165) is 32.1 Å². The number of amides is 1. The lowest BCUT2D eigenvalue weighted by atomic mass is 9.77. The SMILES string of the molecule is CCCC(CCC)(C(=O)NC1CCCCC1SC)C(N)=S. The van der Waals surface area contributed by atoms with E-state index in [-0.39, 0.29) is 11.9 Å². The Hall–Kier alpha value is -0.290. The van der Waals surface area contributed by atoms with Crippen molar-refractivity contribution in [3.63, 3.8) is 0 Å². The summed E-state index contributed by atoms with van der Waals surface area (Å²) in [6.45, 7) is 4.17. The molecule has 1 amide bonds. The number of carbonyl (C=O) groups is 1. The number of rotatable bonds is 8. The number of thiocarbonyl (C=S) groups is 1. The second-order valence-electron chi connectivity index (χ2n) is 6.08. The highest BCUT2D eigenvalue weighted by molar-refractivity contribution is 7.99. The lowest BCUT2D eigenvalue weighted by molar-refractivity contribution is -0.129. The normalized spacial score (nSPS) is 22.8. The zero-order valence-corrected chi connectivity index (χ0v) is 15.2. The van der Waals surface area contributed by atoms with E-state index < -0.39 is 5.41 Å². The smallest absolute Gasteiger partial charge is 0.233 e. The van der Waals surface area contributed by atoms with Gasteiger partial charge in [-0.2, -0.15) is 11.8 Å². The van der Waals surface area contributed by atoms with Crippen LogP contribution < -0.4 is 11.1 Å². The Bertz CT molecular complexity index is 354. The Labute approximate surface area is 139 Å². The third-order valence-corrected chi connectivity index (χ3v) is 6.14. The molecule has 1 aliphatic rings. The largest absolute Gasteiger partial charge is 0.392 e. The summed E-state index contributed by atoms with van der Waals surface area (Å²) in [5.74, 6) is 0.0599. The van der Waals surface area contributed by atoms with Crippen molar-refractivity contribution in [3.8, 4) is 0 Å². The maximum Gasteiger partial charge on any atom is 0.233 e. The summed E-state index contributed by atoms with van der Waals surface area (Å²) in [6.07, 6.45) is 10.2. The highest BCUT2D eigenvalue weighted by atomic mass is 32.2. The van der Waals surface area contributed by atoms with Crippen LogP contribution >= 0.6 is 24.0 Å². The van der Waals surface area contributed by atoms with Crippen LogP contribution in [0.5, 0.6) is 0 Å². The average Bonchev–Trinajstić information content (AvgIpc) is 2.47. The summed E-state index contributed by atoms with van der Waals surface area (Å²) >= 11 is 7.14. The van der Waals surface area contributed by atoms with Gasteiger partial charge in [0.1, 0.15) is 0 Å². The molecule has 3 nitrogen and oxygen atoms in total. The molecule has 21 heavy (non-hydrogen) atoms. The van der Waals surface area contributed by atoms with Gasteiger partial charge in [0.15, 0.2) is 0 Å². The fourth-order valence-electron chi connectivity index (χ4n) is 3.41. The van der Waals surface area contributed by atoms with Gasteiger partial charge < -0.3 is 11.1 Å².